The van der Waals surface area contributed by atoms with Gasteiger partial charge < -0.3 is 5.11 Å². The second-order valence-corrected chi connectivity index (χ2v) is 11.8. The van der Waals surface area contributed by atoms with Crippen molar-refractivity contribution in [2.45, 2.75) is 98.8 Å². The third-order valence-electron chi connectivity index (χ3n) is 10.4. The van der Waals surface area contributed by atoms with Gasteiger partial charge in [-0.2, -0.15) is 0 Å². The predicted octanol–water partition coefficient (Wildman–Crippen LogP) is 7.87. The van der Waals surface area contributed by atoms with Crippen molar-refractivity contribution < 1.29 is 5.11 Å². The summed E-state index contributed by atoms with van der Waals surface area (Å²) in [6, 6.07) is 0. The molecule has 0 bridgehead atoms. The van der Waals surface area contributed by atoms with E-state index in [0.29, 0.717) is 16.7 Å². The lowest BCUT2D eigenvalue weighted by atomic mass is 9.50. The van der Waals surface area contributed by atoms with Gasteiger partial charge in [0.25, 0.3) is 0 Å². The Labute approximate surface area is 186 Å². The zero-order valence-electron chi connectivity index (χ0n) is 20.3. The second kappa shape index (κ2) is 8.61. The van der Waals surface area contributed by atoms with Crippen molar-refractivity contribution in [2.75, 3.05) is 6.61 Å². The van der Waals surface area contributed by atoms with E-state index in [1.165, 1.54) is 63.4 Å². The largest absolute Gasteiger partial charge is 0.396 e. The molecule has 1 unspecified atom stereocenters. The Morgan fingerprint density at radius 3 is 2.63 bits per heavy atom. The van der Waals surface area contributed by atoms with Crippen molar-refractivity contribution in [3.05, 3.63) is 34.9 Å². The molecule has 4 rings (SSSR count). The van der Waals surface area contributed by atoms with Gasteiger partial charge in [-0.15, -0.1) is 0 Å². The molecule has 0 aromatic rings. The summed E-state index contributed by atoms with van der Waals surface area (Å²) >= 11 is 0. The van der Waals surface area contributed by atoms with E-state index in [1.54, 1.807) is 5.57 Å². The normalized spacial score (nSPS) is 40.6. The summed E-state index contributed by atoms with van der Waals surface area (Å²) < 4.78 is 0. The molecule has 0 amide bonds. The highest BCUT2D eigenvalue weighted by Gasteiger charge is 2.56. The Bertz CT molecular complexity index is 727. The highest BCUT2D eigenvalue weighted by Crippen LogP contribution is 2.66. The highest BCUT2D eigenvalue weighted by molar-refractivity contribution is 5.38. The lowest BCUT2D eigenvalue weighted by Gasteiger charge is -2.54. The third kappa shape index (κ3) is 3.58. The zero-order chi connectivity index (χ0) is 21.5. The van der Waals surface area contributed by atoms with Crippen molar-refractivity contribution in [1.82, 2.24) is 0 Å². The van der Waals surface area contributed by atoms with Crippen LogP contribution in [0.15, 0.2) is 34.9 Å². The fourth-order valence-electron chi connectivity index (χ4n) is 8.40. The Hall–Kier alpha value is -0.820. The van der Waals surface area contributed by atoms with Crippen molar-refractivity contribution >= 4 is 0 Å². The number of aliphatic hydroxyl groups is 1. The average Bonchev–Trinajstić information content (AvgIpc) is 3.10. The van der Waals surface area contributed by atoms with Gasteiger partial charge in [0.2, 0.25) is 0 Å². The highest BCUT2D eigenvalue weighted by atomic mass is 16.3. The number of allylic oxidation sites excluding steroid dienone is 5. The Balaban J connectivity index is 1.50. The maximum atomic E-state index is 9.57. The van der Waals surface area contributed by atoms with Crippen molar-refractivity contribution in [3.8, 4) is 0 Å². The SMILES string of the molecule is C/C=C(\CC[C@@H](C)[C@H]1CC[C@H]2C3=CC=C4CCCC[C@]4(C)[C@H]3CC[C@]12C)C(C)CO. The van der Waals surface area contributed by atoms with Crippen molar-refractivity contribution in [1.29, 1.82) is 0 Å². The average molecular weight is 411 g/mol. The first kappa shape index (κ1) is 22.4. The number of aliphatic hydroxyl groups excluding tert-OH is 1. The summed E-state index contributed by atoms with van der Waals surface area (Å²) in [6.45, 7) is 12.4. The minimum Gasteiger partial charge on any atom is -0.396 e. The molecule has 0 aromatic carbocycles. The molecule has 4 aliphatic rings. The quantitative estimate of drug-likeness (QED) is 0.442. The minimum absolute atomic E-state index is 0.279. The number of hydrogen-bond acceptors (Lipinski definition) is 1. The fraction of sp³-hybridized carbons (Fsp3) is 0.793. The van der Waals surface area contributed by atoms with Gasteiger partial charge >= 0.3 is 0 Å². The van der Waals surface area contributed by atoms with Gasteiger partial charge in [0.05, 0.1) is 0 Å². The van der Waals surface area contributed by atoms with Crippen LogP contribution in [0.1, 0.15) is 98.8 Å². The van der Waals surface area contributed by atoms with Gasteiger partial charge in [-0.3, -0.25) is 0 Å². The van der Waals surface area contributed by atoms with Gasteiger partial charge in [0, 0.05) is 12.5 Å². The smallest absolute Gasteiger partial charge is 0.0493 e. The first-order valence-electron chi connectivity index (χ1n) is 13.0. The van der Waals surface area contributed by atoms with Crippen LogP contribution < -0.4 is 0 Å². The second-order valence-electron chi connectivity index (χ2n) is 11.8. The van der Waals surface area contributed by atoms with Crippen LogP contribution in [-0.2, 0) is 0 Å². The molecule has 3 saturated carbocycles. The molecular weight excluding hydrogens is 364 g/mol. The van der Waals surface area contributed by atoms with E-state index in [0.717, 1.165) is 30.1 Å². The summed E-state index contributed by atoms with van der Waals surface area (Å²) in [5, 5.41) is 9.57. The minimum atomic E-state index is 0.279. The monoisotopic (exact) mass is 410 g/mol. The molecule has 30 heavy (non-hydrogen) atoms. The van der Waals surface area contributed by atoms with Gasteiger partial charge in [0.1, 0.15) is 0 Å². The maximum Gasteiger partial charge on any atom is 0.0493 e. The molecular formula is C29H46O. The molecule has 168 valence electrons. The van der Waals surface area contributed by atoms with Gasteiger partial charge in [-0.05, 0) is 99.2 Å². The molecule has 7 atom stereocenters. The third-order valence-corrected chi connectivity index (χ3v) is 10.4. The summed E-state index contributed by atoms with van der Waals surface area (Å²) in [4.78, 5) is 0. The summed E-state index contributed by atoms with van der Waals surface area (Å²) in [5.74, 6) is 3.59. The van der Waals surface area contributed by atoms with Gasteiger partial charge in [-0.1, -0.05) is 69.1 Å². The van der Waals surface area contributed by atoms with E-state index in [-0.39, 0.29) is 6.61 Å². The maximum absolute atomic E-state index is 9.57. The Morgan fingerprint density at radius 1 is 1.10 bits per heavy atom. The molecule has 0 spiro atoms. The Kier molecular flexibility index (Phi) is 6.42. The van der Waals surface area contributed by atoms with Crippen LogP contribution in [0.3, 0.4) is 0 Å². The van der Waals surface area contributed by atoms with E-state index in [4.69, 9.17) is 0 Å². The topological polar surface area (TPSA) is 20.2 Å². The molecule has 1 N–H and O–H groups in total. The van der Waals surface area contributed by atoms with Crippen molar-refractivity contribution in [2.24, 2.45) is 40.4 Å². The predicted molar refractivity (Wildman–Crippen MR) is 128 cm³/mol. The molecule has 3 fully saturated rings. The zero-order valence-corrected chi connectivity index (χ0v) is 20.3. The Morgan fingerprint density at radius 2 is 1.90 bits per heavy atom. The lowest BCUT2D eigenvalue weighted by Crippen LogP contribution is -2.45. The van der Waals surface area contributed by atoms with Gasteiger partial charge in [-0.25, -0.2) is 0 Å². The van der Waals surface area contributed by atoms with E-state index < -0.39 is 0 Å². The number of hydrogen-bond donors (Lipinski definition) is 1. The molecule has 0 heterocycles. The molecule has 4 aliphatic carbocycles. The van der Waals surface area contributed by atoms with Crippen LogP contribution in [0.25, 0.3) is 0 Å². The number of fused-ring (bicyclic) bond motifs is 5. The van der Waals surface area contributed by atoms with Crippen LogP contribution in [0.5, 0.6) is 0 Å². The standard InChI is InChI=1S/C29H46O/c1-6-22(21(3)19-30)11-10-20(2)25-14-15-26-24-13-12-23-9-7-8-17-28(23,4)27(24)16-18-29(25,26)5/h6,12-13,20-21,25-27,30H,7-11,14-19H2,1-5H3/b22-6+/t20-,21?,25-,26+,27+,28+,29-/m1/s1. The summed E-state index contributed by atoms with van der Waals surface area (Å²) in [5.41, 5.74) is 6.03. The van der Waals surface area contributed by atoms with Crippen LogP contribution in [0, 0.1) is 40.4 Å². The first-order valence-corrected chi connectivity index (χ1v) is 13.0. The first-order chi connectivity index (χ1) is 14.3. The van der Waals surface area contributed by atoms with Crippen LogP contribution in [-0.4, -0.2) is 11.7 Å². The van der Waals surface area contributed by atoms with Crippen LogP contribution in [0.2, 0.25) is 0 Å². The number of rotatable bonds is 6. The van der Waals surface area contributed by atoms with Crippen molar-refractivity contribution in [3.63, 3.8) is 0 Å². The van der Waals surface area contributed by atoms with Crippen LogP contribution >= 0.6 is 0 Å². The van der Waals surface area contributed by atoms with E-state index in [2.05, 4.69) is 52.8 Å². The van der Waals surface area contributed by atoms with E-state index in [1.807, 2.05) is 5.57 Å². The van der Waals surface area contributed by atoms with E-state index >= 15 is 0 Å². The molecule has 1 nitrogen and oxygen atoms in total. The molecule has 0 aromatic heterocycles. The summed E-state index contributed by atoms with van der Waals surface area (Å²) in [6.07, 6.45) is 21.1. The molecule has 0 saturated heterocycles. The molecule has 0 aliphatic heterocycles. The lowest BCUT2D eigenvalue weighted by molar-refractivity contribution is 0.0482. The van der Waals surface area contributed by atoms with Crippen LogP contribution in [0.4, 0.5) is 0 Å². The fourth-order valence-corrected chi connectivity index (χ4v) is 8.40. The molecule has 1 heteroatoms. The van der Waals surface area contributed by atoms with E-state index in [9.17, 15) is 5.11 Å². The molecule has 0 radical (unpaired) electrons. The van der Waals surface area contributed by atoms with Gasteiger partial charge in [0.15, 0.2) is 0 Å². The summed E-state index contributed by atoms with van der Waals surface area (Å²) in [7, 11) is 0.